The molecule has 0 amide bonds. The Kier molecular flexibility index (Phi) is 4.53. The van der Waals surface area contributed by atoms with E-state index in [9.17, 15) is 4.79 Å². The summed E-state index contributed by atoms with van der Waals surface area (Å²) in [5.41, 5.74) is 5.36. The summed E-state index contributed by atoms with van der Waals surface area (Å²) in [5, 5.41) is 8.16. The molecule has 0 bridgehead atoms. The molecule has 1 atom stereocenters. The van der Waals surface area contributed by atoms with Crippen molar-refractivity contribution in [3.63, 3.8) is 0 Å². The van der Waals surface area contributed by atoms with Gasteiger partial charge in [-0.05, 0) is 6.92 Å². The molecule has 0 rings (SSSR count). The Morgan fingerprint density at radius 1 is 1.89 bits per heavy atom. The number of hydrogen-bond donors (Lipinski definition) is 2. The minimum Gasteiger partial charge on any atom is -0.481 e. The summed E-state index contributed by atoms with van der Waals surface area (Å²) >= 11 is 1.34. The van der Waals surface area contributed by atoms with Crippen LogP contribution >= 0.6 is 11.8 Å². The van der Waals surface area contributed by atoms with E-state index in [1.807, 2.05) is 6.92 Å². The van der Waals surface area contributed by atoms with Gasteiger partial charge in [-0.1, -0.05) is 0 Å². The predicted octanol–water partition coefficient (Wildman–Crippen LogP) is 0.151. The first-order chi connectivity index (χ1) is 4.13. The molecule has 0 saturated carbocycles. The van der Waals surface area contributed by atoms with Gasteiger partial charge in [-0.2, -0.15) is 0 Å². The monoisotopic (exact) mass is 149 g/mol. The fraction of sp³-hybridized carbons (Fsp3) is 0.800. The second-order valence-corrected chi connectivity index (χ2v) is 2.92. The normalized spacial score (nSPS) is 13.1. The maximum Gasteiger partial charge on any atom is 0.313 e. The quantitative estimate of drug-likeness (QED) is 0.597. The highest BCUT2D eigenvalue weighted by molar-refractivity contribution is 7.99. The zero-order chi connectivity index (χ0) is 7.28. The molecule has 0 aromatic rings. The number of rotatable bonds is 4. The number of aliphatic carboxylic acids is 1. The number of hydrogen-bond acceptors (Lipinski definition) is 3. The van der Waals surface area contributed by atoms with Crippen LogP contribution in [0.15, 0.2) is 0 Å². The van der Waals surface area contributed by atoms with Crippen LogP contribution < -0.4 is 5.73 Å². The van der Waals surface area contributed by atoms with E-state index in [2.05, 4.69) is 0 Å². The number of carboxylic acid groups (broad SMARTS) is 1. The van der Waals surface area contributed by atoms with Gasteiger partial charge in [0.1, 0.15) is 0 Å². The zero-order valence-corrected chi connectivity index (χ0v) is 6.15. The average molecular weight is 149 g/mol. The van der Waals surface area contributed by atoms with E-state index in [-0.39, 0.29) is 11.8 Å². The van der Waals surface area contributed by atoms with Gasteiger partial charge in [0.25, 0.3) is 0 Å². The minimum atomic E-state index is -0.777. The van der Waals surface area contributed by atoms with E-state index in [1.165, 1.54) is 11.8 Å². The van der Waals surface area contributed by atoms with Crippen molar-refractivity contribution in [1.29, 1.82) is 0 Å². The first-order valence-corrected chi connectivity index (χ1v) is 3.83. The standard InChI is InChI=1S/C5H11NO2S/c1-4(6)2-9-3-5(7)8/h4H,2-3,6H2,1H3,(H,7,8). The Balaban J connectivity index is 3.01. The van der Waals surface area contributed by atoms with Gasteiger partial charge in [0.15, 0.2) is 0 Å². The van der Waals surface area contributed by atoms with Gasteiger partial charge in [0, 0.05) is 11.8 Å². The van der Waals surface area contributed by atoms with Crippen LogP contribution in [0, 0.1) is 0 Å². The lowest BCUT2D eigenvalue weighted by atomic mass is 10.4. The second kappa shape index (κ2) is 4.64. The van der Waals surface area contributed by atoms with Gasteiger partial charge in [-0.15, -0.1) is 11.8 Å². The summed E-state index contributed by atoms with van der Waals surface area (Å²) in [6.07, 6.45) is 0. The summed E-state index contributed by atoms with van der Waals surface area (Å²) in [5.74, 6) is 0.0917. The molecule has 3 N–H and O–H groups in total. The Bertz CT molecular complexity index is 95.0. The van der Waals surface area contributed by atoms with Crippen molar-refractivity contribution in [2.45, 2.75) is 13.0 Å². The lowest BCUT2D eigenvalue weighted by Crippen LogP contribution is -2.18. The summed E-state index contributed by atoms with van der Waals surface area (Å²) in [6.45, 7) is 1.86. The maximum atomic E-state index is 9.92. The molecular weight excluding hydrogens is 138 g/mol. The van der Waals surface area contributed by atoms with E-state index in [0.29, 0.717) is 5.75 Å². The Morgan fingerprint density at radius 2 is 2.44 bits per heavy atom. The molecule has 0 aromatic heterocycles. The Morgan fingerprint density at radius 3 is 2.78 bits per heavy atom. The van der Waals surface area contributed by atoms with Gasteiger partial charge in [-0.25, -0.2) is 0 Å². The zero-order valence-electron chi connectivity index (χ0n) is 5.33. The molecular formula is C5H11NO2S. The minimum absolute atomic E-state index is 0.0920. The first kappa shape index (κ1) is 8.78. The van der Waals surface area contributed by atoms with Crippen molar-refractivity contribution in [3.8, 4) is 0 Å². The second-order valence-electron chi connectivity index (χ2n) is 1.89. The fourth-order valence-corrected chi connectivity index (χ4v) is 0.996. The Labute approximate surface area is 58.6 Å². The molecule has 0 aliphatic rings. The van der Waals surface area contributed by atoms with Crippen LogP contribution in [0.1, 0.15) is 6.92 Å². The van der Waals surface area contributed by atoms with Crippen LogP contribution in [0.25, 0.3) is 0 Å². The molecule has 0 fully saturated rings. The van der Waals surface area contributed by atoms with E-state index >= 15 is 0 Å². The highest BCUT2D eigenvalue weighted by atomic mass is 32.2. The topological polar surface area (TPSA) is 63.3 Å². The molecule has 0 aromatic carbocycles. The Hall–Kier alpha value is -0.220. The largest absolute Gasteiger partial charge is 0.481 e. The lowest BCUT2D eigenvalue weighted by Gasteiger charge is -2.00. The van der Waals surface area contributed by atoms with Gasteiger partial charge in [0.05, 0.1) is 5.75 Å². The number of nitrogens with two attached hydrogens (primary N) is 1. The molecule has 3 nitrogen and oxygen atoms in total. The van der Waals surface area contributed by atoms with Crippen molar-refractivity contribution >= 4 is 17.7 Å². The number of carbonyl (C=O) groups is 1. The van der Waals surface area contributed by atoms with Crippen molar-refractivity contribution in [1.82, 2.24) is 0 Å². The van der Waals surface area contributed by atoms with Crippen molar-refractivity contribution in [2.75, 3.05) is 11.5 Å². The molecule has 9 heavy (non-hydrogen) atoms. The van der Waals surface area contributed by atoms with E-state index in [0.717, 1.165) is 0 Å². The fourth-order valence-electron chi connectivity index (χ4n) is 0.332. The lowest BCUT2D eigenvalue weighted by molar-refractivity contribution is -0.133. The van der Waals surface area contributed by atoms with Gasteiger partial charge in [0.2, 0.25) is 0 Å². The first-order valence-electron chi connectivity index (χ1n) is 2.68. The highest BCUT2D eigenvalue weighted by Gasteiger charge is 1.97. The smallest absolute Gasteiger partial charge is 0.313 e. The molecule has 0 aliphatic carbocycles. The van der Waals surface area contributed by atoms with E-state index in [4.69, 9.17) is 10.8 Å². The van der Waals surface area contributed by atoms with Crippen molar-refractivity contribution in [2.24, 2.45) is 5.73 Å². The third kappa shape index (κ3) is 7.78. The highest BCUT2D eigenvalue weighted by Crippen LogP contribution is 1.99. The van der Waals surface area contributed by atoms with Crippen LogP contribution in [0.2, 0.25) is 0 Å². The number of thioether (sulfide) groups is 1. The van der Waals surface area contributed by atoms with Crippen LogP contribution in [0.3, 0.4) is 0 Å². The predicted molar refractivity (Wildman–Crippen MR) is 38.6 cm³/mol. The third-order valence-electron chi connectivity index (χ3n) is 0.606. The summed E-state index contributed by atoms with van der Waals surface area (Å²) < 4.78 is 0. The SMILES string of the molecule is CC(N)CSCC(=O)O. The van der Waals surface area contributed by atoms with Crippen LogP contribution in [-0.2, 0) is 4.79 Å². The van der Waals surface area contributed by atoms with Gasteiger partial charge >= 0.3 is 5.97 Å². The summed E-state index contributed by atoms with van der Waals surface area (Å²) in [7, 11) is 0. The van der Waals surface area contributed by atoms with Crippen LogP contribution in [0.4, 0.5) is 0 Å². The molecule has 0 heterocycles. The molecule has 54 valence electrons. The number of carboxylic acids is 1. The van der Waals surface area contributed by atoms with Crippen molar-refractivity contribution in [3.05, 3.63) is 0 Å². The molecule has 0 spiro atoms. The summed E-state index contributed by atoms with van der Waals surface area (Å²) in [4.78, 5) is 9.92. The molecule has 0 radical (unpaired) electrons. The molecule has 1 unspecified atom stereocenters. The van der Waals surface area contributed by atoms with Gasteiger partial charge < -0.3 is 10.8 Å². The third-order valence-corrected chi connectivity index (χ3v) is 1.82. The van der Waals surface area contributed by atoms with E-state index < -0.39 is 5.97 Å². The van der Waals surface area contributed by atoms with Crippen molar-refractivity contribution < 1.29 is 9.90 Å². The maximum absolute atomic E-state index is 9.92. The van der Waals surface area contributed by atoms with E-state index in [1.54, 1.807) is 0 Å². The molecule has 4 heteroatoms. The molecule has 0 aliphatic heterocycles. The van der Waals surface area contributed by atoms with Gasteiger partial charge in [-0.3, -0.25) is 4.79 Å². The van der Waals surface area contributed by atoms with Crippen LogP contribution in [0.5, 0.6) is 0 Å². The van der Waals surface area contributed by atoms with Crippen LogP contribution in [-0.4, -0.2) is 28.6 Å². The molecule has 0 saturated heterocycles. The average Bonchev–Trinajstić information content (AvgIpc) is 1.63. The summed E-state index contributed by atoms with van der Waals surface area (Å²) in [6, 6.07) is 0.0920.